The van der Waals surface area contributed by atoms with Gasteiger partial charge in [0, 0.05) is 21.9 Å². The van der Waals surface area contributed by atoms with Crippen molar-refractivity contribution in [2.24, 2.45) is 0 Å². The Kier molecular flexibility index (Phi) is 3.42. The van der Waals surface area contributed by atoms with E-state index < -0.39 is 0 Å². The maximum atomic E-state index is 3.64. The first-order valence-corrected chi connectivity index (χ1v) is 6.63. The van der Waals surface area contributed by atoms with Gasteiger partial charge in [0.25, 0.3) is 0 Å². The maximum absolute atomic E-state index is 3.64. The number of halogens is 1. The summed E-state index contributed by atoms with van der Waals surface area (Å²) in [5.74, 6) is 0. The van der Waals surface area contributed by atoms with Crippen molar-refractivity contribution in [2.45, 2.75) is 31.8 Å². The molecule has 1 aromatic heterocycles. The molecule has 2 rings (SSSR count). The van der Waals surface area contributed by atoms with Crippen LogP contribution in [0.1, 0.15) is 31.4 Å². The normalized spacial score (nSPS) is 19.0. The molecule has 0 bridgehead atoms. The maximum Gasteiger partial charge on any atom is 0.0330 e. The summed E-state index contributed by atoms with van der Waals surface area (Å²) >= 11 is 5.32. The molecule has 0 spiro atoms. The smallest absolute Gasteiger partial charge is 0.0330 e. The lowest BCUT2D eigenvalue weighted by atomic mass is 10.1. The molecule has 0 saturated heterocycles. The lowest BCUT2D eigenvalue weighted by molar-refractivity contribution is 0.471. The van der Waals surface area contributed by atoms with Crippen molar-refractivity contribution in [3.63, 3.8) is 0 Å². The monoisotopic (exact) mass is 271 g/mol. The molecule has 1 aliphatic carbocycles. The van der Waals surface area contributed by atoms with E-state index in [1.54, 1.807) is 11.3 Å². The van der Waals surface area contributed by atoms with Crippen LogP contribution in [0.5, 0.6) is 0 Å². The minimum absolute atomic E-state index is 0.445. The van der Waals surface area contributed by atoms with Gasteiger partial charge >= 0.3 is 0 Å². The molecule has 1 aromatic rings. The molecule has 1 nitrogen and oxygen atoms in total. The fraction of sp³-hybridized carbons (Fsp3) is 0.455. The van der Waals surface area contributed by atoms with E-state index in [0.717, 1.165) is 0 Å². The first-order valence-electron chi connectivity index (χ1n) is 4.90. The van der Waals surface area contributed by atoms with Gasteiger partial charge in [-0.1, -0.05) is 12.2 Å². The average molecular weight is 272 g/mol. The first kappa shape index (κ1) is 10.4. The molecule has 14 heavy (non-hydrogen) atoms. The largest absolute Gasteiger partial charge is 0.307 e. The van der Waals surface area contributed by atoms with E-state index in [2.05, 4.69) is 51.1 Å². The van der Waals surface area contributed by atoms with Gasteiger partial charge in [-0.3, -0.25) is 0 Å². The van der Waals surface area contributed by atoms with Crippen molar-refractivity contribution in [1.82, 2.24) is 5.32 Å². The summed E-state index contributed by atoms with van der Waals surface area (Å²) in [4.78, 5) is 0. The zero-order valence-corrected chi connectivity index (χ0v) is 10.6. The third-order valence-electron chi connectivity index (χ3n) is 2.60. The van der Waals surface area contributed by atoms with Crippen molar-refractivity contribution in [1.29, 1.82) is 0 Å². The van der Waals surface area contributed by atoms with E-state index in [1.807, 2.05) is 0 Å². The summed E-state index contributed by atoms with van der Waals surface area (Å²) in [7, 11) is 0. The van der Waals surface area contributed by atoms with Crippen molar-refractivity contribution >= 4 is 27.3 Å². The molecule has 0 saturated carbocycles. The summed E-state index contributed by atoms with van der Waals surface area (Å²) < 4.78 is 1.23. The Hall–Kier alpha value is -0.120. The molecule has 0 aliphatic heterocycles. The molecule has 0 aromatic carbocycles. The zero-order chi connectivity index (χ0) is 9.97. The summed E-state index contributed by atoms with van der Waals surface area (Å²) in [6.07, 6.45) is 6.86. The van der Waals surface area contributed by atoms with Gasteiger partial charge in [0.05, 0.1) is 0 Å². The molecule has 1 heterocycles. The van der Waals surface area contributed by atoms with Crippen LogP contribution >= 0.6 is 27.3 Å². The van der Waals surface area contributed by atoms with Crippen LogP contribution in [-0.2, 0) is 0 Å². The number of hydrogen-bond acceptors (Lipinski definition) is 2. The molecular formula is C11H14BrNS. The highest BCUT2D eigenvalue weighted by atomic mass is 79.9. The van der Waals surface area contributed by atoms with Gasteiger partial charge in [-0.15, -0.1) is 0 Å². The number of nitrogens with one attached hydrogen (secondary N) is 1. The van der Waals surface area contributed by atoms with E-state index in [-0.39, 0.29) is 0 Å². The lowest BCUT2D eigenvalue weighted by Crippen LogP contribution is -2.29. The summed E-state index contributed by atoms with van der Waals surface area (Å²) in [6.45, 7) is 2.23. The van der Waals surface area contributed by atoms with Crippen LogP contribution in [0.4, 0.5) is 0 Å². The highest BCUT2D eigenvalue weighted by molar-refractivity contribution is 9.10. The average Bonchev–Trinajstić information content (AvgIpc) is 2.75. The highest BCUT2D eigenvalue weighted by Gasteiger charge is 2.16. The second kappa shape index (κ2) is 4.60. The lowest BCUT2D eigenvalue weighted by Gasteiger charge is -2.18. The van der Waals surface area contributed by atoms with E-state index in [1.165, 1.54) is 22.9 Å². The Labute approximate surface area is 97.3 Å². The van der Waals surface area contributed by atoms with Gasteiger partial charge in [0.2, 0.25) is 0 Å². The highest BCUT2D eigenvalue weighted by Crippen LogP contribution is 2.28. The van der Waals surface area contributed by atoms with Crippen molar-refractivity contribution in [3.05, 3.63) is 32.9 Å². The molecule has 1 unspecified atom stereocenters. The van der Waals surface area contributed by atoms with Crippen molar-refractivity contribution < 1.29 is 0 Å². The predicted molar refractivity (Wildman–Crippen MR) is 65.7 cm³/mol. The van der Waals surface area contributed by atoms with Gasteiger partial charge in [0.15, 0.2) is 0 Å². The van der Waals surface area contributed by atoms with Crippen molar-refractivity contribution in [2.75, 3.05) is 0 Å². The zero-order valence-electron chi connectivity index (χ0n) is 8.16. The summed E-state index contributed by atoms with van der Waals surface area (Å²) in [6, 6.07) is 1.08. The summed E-state index contributed by atoms with van der Waals surface area (Å²) in [5.41, 5.74) is 1.38. The van der Waals surface area contributed by atoms with Gasteiger partial charge in [0.1, 0.15) is 0 Å². The topological polar surface area (TPSA) is 12.0 Å². The SMILES string of the molecule is CC(NC1CC=CC1)c1cscc1Br. The fourth-order valence-electron chi connectivity index (χ4n) is 1.80. The molecule has 0 radical (unpaired) electrons. The Balaban J connectivity index is 1.95. The standard InChI is InChI=1S/C11H14BrNS/c1-8(10-6-14-7-11(10)12)13-9-4-2-3-5-9/h2-3,6-9,13H,4-5H2,1H3. The molecule has 1 aliphatic rings. The number of thiophene rings is 1. The van der Waals surface area contributed by atoms with Crippen LogP contribution in [0.2, 0.25) is 0 Å². The van der Waals surface area contributed by atoms with Gasteiger partial charge in [-0.05, 0) is 46.6 Å². The fourth-order valence-corrected chi connectivity index (χ4v) is 3.53. The molecule has 0 fully saturated rings. The number of rotatable bonds is 3. The van der Waals surface area contributed by atoms with Crippen LogP contribution in [0.25, 0.3) is 0 Å². The van der Waals surface area contributed by atoms with Gasteiger partial charge in [-0.2, -0.15) is 11.3 Å². The van der Waals surface area contributed by atoms with Gasteiger partial charge < -0.3 is 5.32 Å². The van der Waals surface area contributed by atoms with Crippen LogP contribution in [0.15, 0.2) is 27.4 Å². The molecule has 1 atom stereocenters. The Morgan fingerprint density at radius 3 is 2.71 bits per heavy atom. The quantitative estimate of drug-likeness (QED) is 0.823. The van der Waals surface area contributed by atoms with E-state index in [0.29, 0.717) is 12.1 Å². The van der Waals surface area contributed by atoms with E-state index in [9.17, 15) is 0 Å². The second-order valence-electron chi connectivity index (χ2n) is 3.70. The van der Waals surface area contributed by atoms with Crippen LogP contribution in [-0.4, -0.2) is 6.04 Å². The third kappa shape index (κ3) is 2.27. The minimum atomic E-state index is 0.445. The van der Waals surface area contributed by atoms with Crippen LogP contribution in [0, 0.1) is 0 Å². The third-order valence-corrected chi connectivity index (χ3v) is 4.35. The Morgan fingerprint density at radius 2 is 2.14 bits per heavy atom. The second-order valence-corrected chi connectivity index (χ2v) is 5.30. The summed E-state index contributed by atoms with van der Waals surface area (Å²) in [5, 5.41) is 7.99. The Bertz CT molecular complexity index is 324. The predicted octanol–water partition coefficient (Wildman–Crippen LogP) is 3.88. The number of hydrogen-bond donors (Lipinski definition) is 1. The van der Waals surface area contributed by atoms with Crippen LogP contribution < -0.4 is 5.32 Å². The van der Waals surface area contributed by atoms with Crippen LogP contribution in [0.3, 0.4) is 0 Å². The Morgan fingerprint density at radius 1 is 1.43 bits per heavy atom. The first-order chi connectivity index (χ1) is 6.77. The van der Waals surface area contributed by atoms with E-state index in [4.69, 9.17) is 0 Å². The van der Waals surface area contributed by atoms with Gasteiger partial charge in [-0.25, -0.2) is 0 Å². The molecule has 0 amide bonds. The molecule has 76 valence electrons. The minimum Gasteiger partial charge on any atom is -0.307 e. The molecule has 1 N–H and O–H groups in total. The molecule has 3 heteroatoms. The molecular weight excluding hydrogens is 258 g/mol. The van der Waals surface area contributed by atoms with Crippen molar-refractivity contribution in [3.8, 4) is 0 Å². The van der Waals surface area contributed by atoms with E-state index >= 15 is 0 Å².